The highest BCUT2D eigenvalue weighted by Crippen LogP contribution is 2.64. The normalized spacial score (nSPS) is 29.2. The van der Waals surface area contributed by atoms with Crippen molar-refractivity contribution in [1.82, 2.24) is 14.6 Å². The molecule has 5 atom stereocenters. The Labute approximate surface area is 211 Å². The van der Waals surface area contributed by atoms with Crippen molar-refractivity contribution in [3.63, 3.8) is 0 Å². The zero-order valence-electron chi connectivity index (χ0n) is 19.9. The summed E-state index contributed by atoms with van der Waals surface area (Å²) in [4.78, 5) is 27.4. The van der Waals surface area contributed by atoms with Crippen LogP contribution in [0.2, 0.25) is 0 Å². The summed E-state index contributed by atoms with van der Waals surface area (Å²) >= 11 is 0. The van der Waals surface area contributed by atoms with Gasteiger partial charge in [-0.25, -0.2) is 14.3 Å². The number of hydrogen-bond acceptors (Lipinski definition) is 12. The van der Waals surface area contributed by atoms with Crippen LogP contribution in [-0.4, -0.2) is 61.6 Å². The van der Waals surface area contributed by atoms with Crippen molar-refractivity contribution in [2.24, 2.45) is 0 Å². The molecule has 0 radical (unpaired) electrons. The summed E-state index contributed by atoms with van der Waals surface area (Å²) in [5.74, 6) is -0.350. The molecule has 0 aliphatic carbocycles. The summed E-state index contributed by atoms with van der Waals surface area (Å²) in [5.41, 5.74) is 5.36. The molecule has 0 spiro atoms. The predicted octanol–water partition coefficient (Wildman–Crippen LogP) is 1.66. The number of aromatic nitrogens is 3. The fraction of sp³-hybridized carbons (Fsp3) is 0.391. The van der Waals surface area contributed by atoms with Gasteiger partial charge in [-0.2, -0.15) is 19.8 Å². The van der Waals surface area contributed by atoms with Crippen molar-refractivity contribution in [2.45, 2.75) is 50.5 Å². The molecule has 5 rings (SSSR count). The van der Waals surface area contributed by atoms with Crippen molar-refractivity contribution in [3.8, 4) is 6.07 Å². The molecule has 2 fully saturated rings. The van der Waals surface area contributed by atoms with Gasteiger partial charge >= 0.3 is 14.1 Å². The van der Waals surface area contributed by atoms with Crippen LogP contribution in [0.1, 0.15) is 35.5 Å². The van der Waals surface area contributed by atoms with Crippen molar-refractivity contribution < 1.29 is 37.8 Å². The molecule has 2 aliphatic rings. The van der Waals surface area contributed by atoms with Gasteiger partial charge < -0.3 is 20.3 Å². The number of nitrogens with zero attached hydrogens (tertiary/aromatic N) is 4. The quantitative estimate of drug-likeness (QED) is 0.310. The molecule has 4 heterocycles. The number of ether oxygens (including phenoxy) is 2. The molecule has 194 valence electrons. The van der Waals surface area contributed by atoms with E-state index in [-0.39, 0.29) is 36.4 Å². The van der Waals surface area contributed by atoms with Gasteiger partial charge in [0, 0.05) is 0 Å². The number of aliphatic hydroxyl groups excluding tert-OH is 1. The minimum atomic E-state index is -3.97. The number of carbonyl (C=O) groups is 1. The number of benzene rings is 1. The number of anilines is 1. The predicted molar refractivity (Wildman–Crippen MR) is 127 cm³/mol. The standard InChI is InChI=1S/C23H25N5O8P/c1-13(2)34-22(30)15-6-4-3-5-14(15)9-32-37(31)33-10-17-19(36-37)20(29)23(11-24,35-17)18-8-7-16-21(25)26-12-27-28(16)18/h3-8,12-13,17,19-20,29,31H,9-10H2,1-2H3,(H2,25,26,27)/q+1/t17-,19-,20-,23+,37?/m1/s1. The van der Waals surface area contributed by atoms with Crippen LogP contribution >= 0.6 is 8.17 Å². The lowest BCUT2D eigenvalue weighted by molar-refractivity contribution is -0.0864. The molecule has 2 aromatic heterocycles. The molecule has 2 saturated heterocycles. The molecule has 1 unspecified atom stereocenters. The first-order valence-corrected chi connectivity index (χ1v) is 12.9. The van der Waals surface area contributed by atoms with Crippen LogP contribution in [0.4, 0.5) is 5.82 Å². The van der Waals surface area contributed by atoms with Gasteiger partial charge in [-0.1, -0.05) is 18.2 Å². The first-order valence-electron chi connectivity index (χ1n) is 11.4. The van der Waals surface area contributed by atoms with Crippen LogP contribution < -0.4 is 5.73 Å². The van der Waals surface area contributed by atoms with E-state index in [0.29, 0.717) is 11.1 Å². The molecular weight excluding hydrogens is 505 g/mol. The maximum atomic E-state index is 12.4. The molecule has 13 nitrogen and oxygen atoms in total. The summed E-state index contributed by atoms with van der Waals surface area (Å²) in [7, 11) is -3.97. The molecular formula is C23H25N5O8P+. The average Bonchev–Trinajstić information content (AvgIpc) is 3.43. The fourth-order valence-corrected chi connectivity index (χ4v) is 5.75. The largest absolute Gasteiger partial charge is 0.573 e. The summed E-state index contributed by atoms with van der Waals surface area (Å²) in [6.45, 7) is 3.03. The van der Waals surface area contributed by atoms with Gasteiger partial charge in [-0.15, -0.1) is 9.05 Å². The van der Waals surface area contributed by atoms with E-state index in [1.165, 1.54) is 10.8 Å². The van der Waals surface area contributed by atoms with Gasteiger partial charge in [0.05, 0.1) is 17.4 Å². The molecule has 1 aromatic carbocycles. The second kappa shape index (κ2) is 9.59. The van der Waals surface area contributed by atoms with Gasteiger partial charge in [0.2, 0.25) is 5.60 Å². The lowest BCUT2D eigenvalue weighted by Crippen LogP contribution is -2.44. The second-order valence-corrected chi connectivity index (χ2v) is 10.5. The Balaban J connectivity index is 1.36. The summed E-state index contributed by atoms with van der Waals surface area (Å²) in [5, 5.41) is 25.5. The Morgan fingerprint density at radius 2 is 2.16 bits per heavy atom. The first-order chi connectivity index (χ1) is 17.7. The summed E-state index contributed by atoms with van der Waals surface area (Å²) < 4.78 is 29.4. The smallest absolute Gasteiger partial charge is 0.459 e. The number of nitrogen functional groups attached to an aromatic ring is 1. The summed E-state index contributed by atoms with van der Waals surface area (Å²) in [6, 6.07) is 11.8. The van der Waals surface area contributed by atoms with Crippen molar-refractivity contribution in [3.05, 3.63) is 59.5 Å². The van der Waals surface area contributed by atoms with Crippen LogP contribution in [0, 0.1) is 11.3 Å². The molecule has 0 bridgehead atoms. The van der Waals surface area contributed by atoms with E-state index >= 15 is 0 Å². The van der Waals surface area contributed by atoms with Crippen LogP contribution in [0.3, 0.4) is 0 Å². The van der Waals surface area contributed by atoms with Crippen LogP contribution in [0.5, 0.6) is 0 Å². The Morgan fingerprint density at radius 3 is 2.92 bits per heavy atom. The third kappa shape index (κ3) is 4.43. The highest BCUT2D eigenvalue weighted by Gasteiger charge is 2.67. The average molecular weight is 530 g/mol. The van der Waals surface area contributed by atoms with Crippen LogP contribution in [0.25, 0.3) is 5.52 Å². The zero-order chi connectivity index (χ0) is 26.4. The third-order valence-corrected chi connectivity index (χ3v) is 7.52. The molecule has 4 N–H and O–H groups in total. The summed E-state index contributed by atoms with van der Waals surface area (Å²) in [6.07, 6.45) is -2.68. The number of nitrogens with two attached hydrogens (primary N) is 1. The Morgan fingerprint density at radius 1 is 1.38 bits per heavy atom. The minimum Gasteiger partial charge on any atom is -0.459 e. The SMILES string of the molecule is CC(C)OC(=O)c1ccccc1CO[P+]1(O)OC[C@H]2O[C@@](C#N)(c3ccc4c(N)ncnn34)[C@H](O)[C@@H]2O1. The van der Waals surface area contributed by atoms with Crippen LogP contribution in [0.15, 0.2) is 42.7 Å². The third-order valence-electron chi connectivity index (χ3n) is 6.08. The van der Waals surface area contributed by atoms with Gasteiger partial charge in [0.15, 0.2) is 11.9 Å². The lowest BCUT2D eigenvalue weighted by Gasteiger charge is -2.27. The van der Waals surface area contributed by atoms with E-state index in [0.717, 1.165) is 0 Å². The number of hydrogen-bond donors (Lipinski definition) is 3. The highest BCUT2D eigenvalue weighted by molar-refractivity contribution is 7.55. The fourth-order valence-electron chi connectivity index (χ4n) is 4.35. The van der Waals surface area contributed by atoms with E-state index in [9.17, 15) is 20.1 Å². The van der Waals surface area contributed by atoms with E-state index in [2.05, 4.69) is 10.1 Å². The maximum Gasteiger partial charge on any atom is 0.573 e. The van der Waals surface area contributed by atoms with Crippen molar-refractivity contribution in [2.75, 3.05) is 12.3 Å². The van der Waals surface area contributed by atoms with E-state index in [4.69, 9.17) is 28.8 Å². The number of rotatable bonds is 6. The van der Waals surface area contributed by atoms with Crippen molar-refractivity contribution >= 4 is 25.5 Å². The number of carbonyl (C=O) groups excluding carboxylic acids is 1. The molecule has 0 amide bonds. The van der Waals surface area contributed by atoms with Gasteiger partial charge in [-0.3, -0.25) is 0 Å². The second-order valence-electron chi connectivity index (χ2n) is 8.83. The van der Waals surface area contributed by atoms with Crippen molar-refractivity contribution in [1.29, 1.82) is 5.26 Å². The van der Waals surface area contributed by atoms with Gasteiger partial charge in [0.1, 0.15) is 43.3 Å². The number of esters is 1. The first kappa shape index (κ1) is 25.4. The van der Waals surface area contributed by atoms with Gasteiger partial charge in [-0.05, 0) is 37.6 Å². The van der Waals surface area contributed by atoms with Gasteiger partial charge in [0.25, 0.3) is 0 Å². The van der Waals surface area contributed by atoms with E-state index < -0.39 is 38.1 Å². The lowest BCUT2D eigenvalue weighted by atomic mass is 9.92. The highest BCUT2D eigenvalue weighted by atomic mass is 31.2. The number of fused-ring (bicyclic) bond motifs is 2. The Hall–Kier alpha value is -3.21. The monoisotopic (exact) mass is 530 g/mol. The molecule has 2 aliphatic heterocycles. The topological polar surface area (TPSA) is 184 Å². The minimum absolute atomic E-state index is 0.185. The Bertz CT molecular complexity index is 1380. The number of nitriles is 1. The van der Waals surface area contributed by atoms with E-state index in [1.807, 2.05) is 6.07 Å². The maximum absolute atomic E-state index is 12.4. The molecule has 0 saturated carbocycles. The molecule has 14 heteroatoms. The van der Waals surface area contributed by atoms with Crippen LogP contribution in [-0.2, 0) is 35.3 Å². The number of aliphatic hydroxyl groups is 1. The zero-order valence-corrected chi connectivity index (χ0v) is 20.8. The Kier molecular flexibility index (Phi) is 6.59. The van der Waals surface area contributed by atoms with E-state index in [1.54, 1.807) is 50.2 Å². The molecule has 3 aromatic rings. The molecule has 37 heavy (non-hydrogen) atoms.